The van der Waals surface area contributed by atoms with Crippen LogP contribution in [0.3, 0.4) is 0 Å². The fourth-order valence-electron chi connectivity index (χ4n) is 3.19. The summed E-state index contributed by atoms with van der Waals surface area (Å²) in [6.45, 7) is 4.66. The third kappa shape index (κ3) is 3.36. The molecule has 0 saturated carbocycles. The number of hydrogen-bond acceptors (Lipinski definition) is 3. The average molecular weight is 367 g/mol. The minimum absolute atomic E-state index is 0.00311. The highest BCUT2D eigenvalue weighted by atomic mass is 16.4. The number of carboxylic acids is 1. The fraction of sp³-hybridized carbons (Fsp3) is 0.250. The van der Waals surface area contributed by atoms with Crippen LogP contribution in [-0.2, 0) is 13.0 Å². The molecule has 0 aliphatic heterocycles. The van der Waals surface area contributed by atoms with Gasteiger partial charge in [-0.15, -0.1) is 0 Å². The maximum absolute atomic E-state index is 13.0. The number of hydrogen-bond donors (Lipinski definition) is 2. The van der Waals surface area contributed by atoms with Crippen LogP contribution in [0, 0.1) is 0 Å². The lowest BCUT2D eigenvalue weighted by molar-refractivity contribution is 0.0699. The molecule has 3 aromatic rings. The Bertz CT molecular complexity index is 1060. The number of nitrogens with zero attached hydrogens (tertiary/aromatic N) is 2. The summed E-state index contributed by atoms with van der Waals surface area (Å²) in [6, 6.07) is 11.8. The smallest absolute Gasteiger partial charge is 0.346 e. The Hall–Kier alpha value is -3.35. The van der Waals surface area contributed by atoms with E-state index in [1.807, 2.05) is 38.1 Å². The molecule has 0 aliphatic carbocycles. The van der Waals surface area contributed by atoms with Crippen molar-refractivity contribution in [1.82, 2.24) is 14.7 Å². The molecule has 2 aromatic carbocycles. The zero-order chi connectivity index (χ0) is 19.6. The highest BCUT2D eigenvalue weighted by Gasteiger charge is 2.22. The molecular weight excluding hydrogens is 346 g/mol. The van der Waals surface area contributed by atoms with Gasteiger partial charge in [0.15, 0.2) is 0 Å². The van der Waals surface area contributed by atoms with Crippen molar-refractivity contribution in [2.75, 3.05) is 6.54 Å². The molecule has 0 atom stereocenters. The van der Waals surface area contributed by atoms with Gasteiger partial charge in [0, 0.05) is 13.1 Å². The summed E-state index contributed by atoms with van der Waals surface area (Å²) >= 11 is 0. The van der Waals surface area contributed by atoms with Crippen LogP contribution < -0.4 is 5.56 Å². The molecule has 0 bridgehead atoms. The molecule has 1 aromatic heterocycles. The van der Waals surface area contributed by atoms with E-state index in [0.717, 1.165) is 22.2 Å². The Balaban J connectivity index is 2.01. The highest BCUT2D eigenvalue weighted by Crippen LogP contribution is 2.16. The van der Waals surface area contributed by atoms with Gasteiger partial charge < -0.3 is 10.0 Å². The molecule has 0 unspecified atom stereocenters. The van der Waals surface area contributed by atoms with E-state index in [9.17, 15) is 19.5 Å². The summed E-state index contributed by atoms with van der Waals surface area (Å²) in [5, 5.41) is 12.0. The number of carboxylic acid groups (broad SMARTS) is 1. The van der Waals surface area contributed by atoms with Crippen LogP contribution in [0.2, 0.25) is 0 Å². The Morgan fingerprint density at radius 1 is 1.07 bits per heavy atom. The molecule has 0 aliphatic rings. The number of aromatic amines is 1. The first-order chi connectivity index (χ1) is 13.0. The molecule has 7 nitrogen and oxygen atoms in total. The van der Waals surface area contributed by atoms with Crippen molar-refractivity contribution >= 4 is 22.9 Å². The molecule has 27 heavy (non-hydrogen) atoms. The SMILES string of the molecule is CCc1ccccc1CN(CC)C(=O)n1[nH]c2cccc(C(=O)O)c2c1=O. The Morgan fingerprint density at radius 2 is 1.78 bits per heavy atom. The van der Waals surface area contributed by atoms with Crippen molar-refractivity contribution in [1.29, 1.82) is 0 Å². The van der Waals surface area contributed by atoms with Gasteiger partial charge in [-0.3, -0.25) is 9.89 Å². The summed E-state index contributed by atoms with van der Waals surface area (Å²) < 4.78 is 0.884. The van der Waals surface area contributed by atoms with Crippen LogP contribution in [-0.4, -0.2) is 38.3 Å². The van der Waals surface area contributed by atoms with Gasteiger partial charge in [-0.05, 0) is 36.6 Å². The number of amides is 1. The largest absolute Gasteiger partial charge is 0.478 e. The Labute approximate surface area is 155 Å². The van der Waals surface area contributed by atoms with Crippen LogP contribution >= 0.6 is 0 Å². The van der Waals surface area contributed by atoms with Gasteiger partial charge in [-0.2, -0.15) is 4.68 Å². The number of carbonyl (C=O) groups excluding carboxylic acids is 1. The molecule has 7 heteroatoms. The molecule has 0 saturated heterocycles. The number of carbonyl (C=O) groups is 2. The zero-order valence-electron chi connectivity index (χ0n) is 15.2. The van der Waals surface area contributed by atoms with E-state index in [1.165, 1.54) is 12.1 Å². The normalized spacial score (nSPS) is 10.9. The lowest BCUT2D eigenvalue weighted by atomic mass is 10.1. The molecule has 0 fully saturated rings. The number of aryl methyl sites for hydroxylation is 1. The summed E-state index contributed by atoms with van der Waals surface area (Å²) in [7, 11) is 0. The van der Waals surface area contributed by atoms with Crippen molar-refractivity contribution < 1.29 is 14.7 Å². The molecule has 2 N–H and O–H groups in total. The number of aromatic carboxylic acids is 1. The predicted octanol–water partition coefficient (Wildman–Crippen LogP) is 3.08. The summed E-state index contributed by atoms with van der Waals surface area (Å²) in [4.78, 5) is 38.6. The monoisotopic (exact) mass is 367 g/mol. The van der Waals surface area contributed by atoms with Crippen LogP contribution in [0.15, 0.2) is 47.3 Å². The average Bonchev–Trinajstić information content (AvgIpc) is 3.02. The number of benzene rings is 2. The lowest BCUT2D eigenvalue weighted by Crippen LogP contribution is -2.39. The maximum atomic E-state index is 13.0. The van der Waals surface area contributed by atoms with E-state index in [1.54, 1.807) is 11.0 Å². The first-order valence-corrected chi connectivity index (χ1v) is 8.81. The third-order valence-electron chi connectivity index (χ3n) is 4.65. The minimum atomic E-state index is -1.21. The van der Waals surface area contributed by atoms with Gasteiger partial charge in [0.1, 0.15) is 0 Å². The predicted molar refractivity (Wildman–Crippen MR) is 102 cm³/mol. The van der Waals surface area contributed by atoms with Gasteiger partial charge in [0.25, 0.3) is 5.56 Å². The lowest BCUT2D eigenvalue weighted by Gasteiger charge is -2.21. The molecule has 1 amide bonds. The Kier molecular flexibility index (Phi) is 5.12. The molecule has 0 spiro atoms. The van der Waals surface area contributed by atoms with E-state index < -0.39 is 17.6 Å². The van der Waals surface area contributed by atoms with Crippen molar-refractivity contribution in [3.63, 3.8) is 0 Å². The summed E-state index contributed by atoms with van der Waals surface area (Å²) in [5.41, 5.74) is 1.69. The summed E-state index contributed by atoms with van der Waals surface area (Å²) in [5.74, 6) is -1.21. The van der Waals surface area contributed by atoms with Gasteiger partial charge in [0.2, 0.25) is 0 Å². The number of nitrogens with one attached hydrogen (secondary N) is 1. The molecule has 1 heterocycles. The topological polar surface area (TPSA) is 95.4 Å². The second kappa shape index (κ2) is 7.49. The van der Waals surface area contributed by atoms with E-state index in [0.29, 0.717) is 18.6 Å². The highest BCUT2D eigenvalue weighted by molar-refractivity contribution is 6.03. The van der Waals surface area contributed by atoms with E-state index in [4.69, 9.17) is 0 Å². The maximum Gasteiger partial charge on any atom is 0.346 e. The van der Waals surface area contributed by atoms with Crippen molar-refractivity contribution in [3.05, 3.63) is 69.5 Å². The quantitative estimate of drug-likeness (QED) is 0.724. The number of rotatable bonds is 5. The van der Waals surface area contributed by atoms with Crippen LogP contribution in [0.1, 0.15) is 35.3 Å². The van der Waals surface area contributed by atoms with Gasteiger partial charge in [-0.1, -0.05) is 37.3 Å². The molecule has 0 radical (unpaired) electrons. The standard InChI is InChI=1S/C20H21N3O4/c1-3-13-8-5-6-9-14(13)12-22(4-2)20(27)23-18(24)17-15(19(25)26)10-7-11-16(17)21-23/h5-11,21H,3-4,12H2,1-2H3,(H,25,26). The zero-order valence-corrected chi connectivity index (χ0v) is 15.2. The van der Waals surface area contributed by atoms with E-state index in [-0.39, 0.29) is 10.9 Å². The number of fused-ring (bicyclic) bond motifs is 1. The second-order valence-electron chi connectivity index (χ2n) is 6.20. The first kappa shape index (κ1) is 18.4. The molecular formula is C20H21N3O4. The molecule has 140 valence electrons. The van der Waals surface area contributed by atoms with Gasteiger partial charge in [0.05, 0.1) is 16.5 Å². The van der Waals surface area contributed by atoms with Crippen LogP contribution in [0.5, 0.6) is 0 Å². The van der Waals surface area contributed by atoms with E-state index >= 15 is 0 Å². The first-order valence-electron chi connectivity index (χ1n) is 8.81. The number of aromatic nitrogens is 2. The van der Waals surface area contributed by atoms with Gasteiger partial charge >= 0.3 is 12.0 Å². The second-order valence-corrected chi connectivity index (χ2v) is 6.20. The van der Waals surface area contributed by atoms with Crippen molar-refractivity contribution in [2.24, 2.45) is 0 Å². The third-order valence-corrected chi connectivity index (χ3v) is 4.65. The minimum Gasteiger partial charge on any atom is -0.478 e. The van der Waals surface area contributed by atoms with Crippen molar-refractivity contribution in [2.45, 2.75) is 26.8 Å². The van der Waals surface area contributed by atoms with Crippen LogP contribution in [0.4, 0.5) is 4.79 Å². The van der Waals surface area contributed by atoms with Crippen LogP contribution in [0.25, 0.3) is 10.9 Å². The van der Waals surface area contributed by atoms with E-state index in [2.05, 4.69) is 5.10 Å². The fourth-order valence-corrected chi connectivity index (χ4v) is 3.19. The number of H-pyrrole nitrogens is 1. The van der Waals surface area contributed by atoms with Crippen molar-refractivity contribution in [3.8, 4) is 0 Å². The summed E-state index contributed by atoms with van der Waals surface area (Å²) in [6.07, 6.45) is 0.843. The molecule has 3 rings (SSSR count). The Morgan fingerprint density at radius 3 is 2.41 bits per heavy atom. The van der Waals surface area contributed by atoms with Gasteiger partial charge in [-0.25, -0.2) is 9.59 Å².